The normalized spacial score (nSPS) is 26.0. The van der Waals surface area contributed by atoms with Gasteiger partial charge in [-0.25, -0.2) is 9.67 Å². The predicted octanol–water partition coefficient (Wildman–Crippen LogP) is 0.391. The number of rotatable bonds is 3. The zero-order chi connectivity index (χ0) is 15.1. The van der Waals surface area contributed by atoms with Gasteiger partial charge in [0.25, 0.3) is 0 Å². The van der Waals surface area contributed by atoms with Crippen molar-refractivity contribution in [2.24, 2.45) is 0 Å². The molecule has 0 unspecified atom stereocenters. The molecule has 3 heterocycles. The first kappa shape index (κ1) is 14.1. The summed E-state index contributed by atoms with van der Waals surface area (Å²) in [4.78, 5) is 21.5. The summed E-state index contributed by atoms with van der Waals surface area (Å²) in [5.74, 6) is 2.67. The number of carbonyl (C=O) groups excluding carboxylic acids is 1. The number of carbonyl (C=O) groups is 1. The van der Waals surface area contributed by atoms with Gasteiger partial charge in [0.1, 0.15) is 5.82 Å². The van der Waals surface area contributed by atoms with Crippen molar-refractivity contribution in [1.82, 2.24) is 24.6 Å². The Kier molecular flexibility index (Phi) is 3.62. The minimum Gasteiger partial charge on any atom is -0.379 e. The molecule has 1 aromatic rings. The summed E-state index contributed by atoms with van der Waals surface area (Å²) < 4.78 is 7.33. The van der Waals surface area contributed by atoms with E-state index in [1.165, 1.54) is 12.8 Å². The largest absolute Gasteiger partial charge is 0.379 e. The Morgan fingerprint density at radius 1 is 1.23 bits per heavy atom. The summed E-state index contributed by atoms with van der Waals surface area (Å²) in [7, 11) is 0. The SMILES string of the molecule is C[C@@H]1c2nc(C3CC3)nn2CCN1C(=O)CN1CCOCC1. The van der Waals surface area contributed by atoms with Gasteiger partial charge in [-0.05, 0) is 19.8 Å². The summed E-state index contributed by atoms with van der Waals surface area (Å²) in [6, 6.07) is 0.0160. The monoisotopic (exact) mass is 305 g/mol. The van der Waals surface area contributed by atoms with Crippen molar-refractivity contribution < 1.29 is 9.53 Å². The second-order valence-electron chi connectivity index (χ2n) is 6.48. The fourth-order valence-corrected chi connectivity index (χ4v) is 3.28. The minimum absolute atomic E-state index is 0.0160. The molecule has 4 rings (SSSR count). The molecule has 3 aliphatic rings. The molecule has 120 valence electrons. The second-order valence-corrected chi connectivity index (χ2v) is 6.48. The molecule has 0 N–H and O–H groups in total. The average Bonchev–Trinajstić information content (AvgIpc) is 3.28. The van der Waals surface area contributed by atoms with E-state index in [9.17, 15) is 4.79 Å². The highest BCUT2D eigenvalue weighted by Gasteiger charge is 2.34. The molecule has 0 radical (unpaired) electrons. The van der Waals surface area contributed by atoms with E-state index in [2.05, 4.69) is 16.9 Å². The van der Waals surface area contributed by atoms with Crippen LogP contribution in [0, 0.1) is 0 Å². The zero-order valence-corrected chi connectivity index (χ0v) is 13.1. The molecule has 1 amide bonds. The molecular formula is C15H23N5O2. The lowest BCUT2D eigenvalue weighted by Gasteiger charge is -2.35. The lowest BCUT2D eigenvalue weighted by atomic mass is 10.2. The maximum atomic E-state index is 12.6. The molecule has 1 atom stereocenters. The highest BCUT2D eigenvalue weighted by atomic mass is 16.5. The third-order valence-corrected chi connectivity index (χ3v) is 4.84. The van der Waals surface area contributed by atoms with Gasteiger partial charge in [0.2, 0.25) is 5.91 Å². The van der Waals surface area contributed by atoms with Gasteiger partial charge in [-0.2, -0.15) is 5.10 Å². The van der Waals surface area contributed by atoms with Crippen molar-refractivity contribution in [3.8, 4) is 0 Å². The summed E-state index contributed by atoms with van der Waals surface area (Å²) >= 11 is 0. The molecule has 0 bridgehead atoms. The van der Waals surface area contributed by atoms with Crippen LogP contribution in [0.2, 0.25) is 0 Å². The van der Waals surface area contributed by atoms with Gasteiger partial charge >= 0.3 is 0 Å². The Labute approximate surface area is 130 Å². The van der Waals surface area contributed by atoms with Crippen LogP contribution in [0.1, 0.15) is 43.4 Å². The number of amides is 1. The van der Waals surface area contributed by atoms with E-state index in [0.717, 1.165) is 51.0 Å². The van der Waals surface area contributed by atoms with Gasteiger partial charge in [-0.15, -0.1) is 0 Å². The van der Waals surface area contributed by atoms with Crippen LogP contribution in [0.3, 0.4) is 0 Å². The second kappa shape index (κ2) is 5.62. The maximum Gasteiger partial charge on any atom is 0.237 e. The van der Waals surface area contributed by atoms with Crippen LogP contribution in [-0.2, 0) is 16.1 Å². The first-order chi connectivity index (χ1) is 10.7. The van der Waals surface area contributed by atoms with E-state index in [-0.39, 0.29) is 11.9 Å². The molecule has 1 saturated heterocycles. The molecule has 2 fully saturated rings. The Bertz CT molecular complexity index is 562. The Hall–Kier alpha value is -1.47. The lowest BCUT2D eigenvalue weighted by molar-refractivity contribution is -0.136. The molecule has 1 aliphatic carbocycles. The minimum atomic E-state index is 0.0160. The van der Waals surface area contributed by atoms with Crippen LogP contribution < -0.4 is 0 Å². The third kappa shape index (κ3) is 2.63. The molecule has 0 spiro atoms. The first-order valence-electron chi connectivity index (χ1n) is 8.26. The van der Waals surface area contributed by atoms with Crippen molar-refractivity contribution in [2.75, 3.05) is 39.4 Å². The van der Waals surface area contributed by atoms with Gasteiger partial charge in [-0.3, -0.25) is 9.69 Å². The summed E-state index contributed by atoms with van der Waals surface area (Å²) in [5, 5.41) is 4.61. The van der Waals surface area contributed by atoms with E-state index >= 15 is 0 Å². The zero-order valence-electron chi connectivity index (χ0n) is 13.1. The van der Waals surface area contributed by atoms with Gasteiger partial charge in [-0.1, -0.05) is 0 Å². The van der Waals surface area contributed by atoms with Crippen LogP contribution in [0.5, 0.6) is 0 Å². The smallest absolute Gasteiger partial charge is 0.237 e. The summed E-state index contributed by atoms with van der Waals surface area (Å²) in [5.41, 5.74) is 0. The number of hydrogen-bond acceptors (Lipinski definition) is 5. The highest BCUT2D eigenvalue weighted by Crippen LogP contribution is 2.39. The first-order valence-corrected chi connectivity index (χ1v) is 8.26. The van der Waals surface area contributed by atoms with Gasteiger partial charge in [0.15, 0.2) is 5.82 Å². The van der Waals surface area contributed by atoms with Crippen molar-refractivity contribution in [3.63, 3.8) is 0 Å². The molecule has 0 aromatic carbocycles. The third-order valence-electron chi connectivity index (χ3n) is 4.84. The molecule has 2 aliphatic heterocycles. The van der Waals surface area contributed by atoms with E-state index < -0.39 is 0 Å². The maximum absolute atomic E-state index is 12.6. The number of fused-ring (bicyclic) bond motifs is 1. The van der Waals surface area contributed by atoms with Crippen molar-refractivity contribution in [3.05, 3.63) is 11.6 Å². The highest BCUT2D eigenvalue weighted by molar-refractivity contribution is 5.78. The topological polar surface area (TPSA) is 63.5 Å². The van der Waals surface area contributed by atoms with Crippen molar-refractivity contribution in [1.29, 1.82) is 0 Å². The standard InChI is InChI=1S/C15H23N5O2/c1-11-15-16-14(12-2-3-12)17-20(15)5-4-19(11)13(21)10-18-6-8-22-9-7-18/h11-12H,2-10H2,1H3/t11-/m1/s1. The van der Waals surface area contributed by atoms with Crippen LogP contribution >= 0.6 is 0 Å². The summed E-state index contributed by atoms with van der Waals surface area (Å²) in [6.07, 6.45) is 2.41. The van der Waals surface area contributed by atoms with E-state index in [1.54, 1.807) is 0 Å². The lowest BCUT2D eigenvalue weighted by Crippen LogP contribution is -2.48. The Morgan fingerprint density at radius 3 is 2.73 bits per heavy atom. The number of nitrogens with zero attached hydrogens (tertiary/aromatic N) is 5. The average molecular weight is 305 g/mol. The molecule has 1 aromatic heterocycles. The van der Waals surface area contributed by atoms with Gasteiger partial charge < -0.3 is 9.64 Å². The van der Waals surface area contributed by atoms with Gasteiger partial charge in [0, 0.05) is 25.6 Å². The molecule has 1 saturated carbocycles. The Morgan fingerprint density at radius 2 is 2.00 bits per heavy atom. The number of hydrogen-bond donors (Lipinski definition) is 0. The molecule has 22 heavy (non-hydrogen) atoms. The van der Waals surface area contributed by atoms with Crippen LogP contribution in [0.25, 0.3) is 0 Å². The fourth-order valence-electron chi connectivity index (χ4n) is 3.28. The quantitative estimate of drug-likeness (QED) is 0.808. The molecule has 7 nitrogen and oxygen atoms in total. The number of aromatic nitrogens is 3. The van der Waals surface area contributed by atoms with Crippen molar-refractivity contribution >= 4 is 5.91 Å². The Balaban J connectivity index is 1.44. The van der Waals surface area contributed by atoms with Gasteiger partial charge in [0.05, 0.1) is 32.3 Å². The van der Waals surface area contributed by atoms with E-state index in [4.69, 9.17) is 9.72 Å². The molecule has 7 heteroatoms. The summed E-state index contributed by atoms with van der Waals surface area (Å²) in [6.45, 7) is 7.17. The fraction of sp³-hybridized carbons (Fsp3) is 0.800. The number of morpholine rings is 1. The van der Waals surface area contributed by atoms with Crippen LogP contribution in [-0.4, -0.2) is 69.9 Å². The number of ether oxygens (including phenoxy) is 1. The van der Waals surface area contributed by atoms with Crippen LogP contribution in [0.4, 0.5) is 0 Å². The van der Waals surface area contributed by atoms with E-state index in [1.807, 2.05) is 9.58 Å². The predicted molar refractivity (Wildman–Crippen MR) is 79.4 cm³/mol. The van der Waals surface area contributed by atoms with E-state index in [0.29, 0.717) is 12.5 Å². The van der Waals surface area contributed by atoms with Crippen LogP contribution in [0.15, 0.2) is 0 Å². The van der Waals surface area contributed by atoms with Crippen molar-refractivity contribution in [2.45, 2.75) is 38.3 Å². The molecular weight excluding hydrogens is 282 g/mol.